The van der Waals surface area contributed by atoms with E-state index in [4.69, 9.17) is 23.2 Å². The standard InChI is InChI=1S/C15H13Cl2NO2/c1-9-5-7-10(8-6-9)18-14(15(19)20)13-11(16)3-2-4-12(13)17/h2-8,14,18H,1H3,(H,19,20). The predicted molar refractivity (Wildman–Crippen MR) is 81.6 cm³/mol. The number of nitrogens with one attached hydrogen (secondary N) is 1. The second-order valence-corrected chi connectivity index (χ2v) is 5.23. The number of halogens is 2. The number of hydrogen-bond donors (Lipinski definition) is 2. The minimum absolute atomic E-state index is 0.324. The van der Waals surface area contributed by atoms with Crippen LogP contribution in [0, 0.1) is 6.92 Å². The lowest BCUT2D eigenvalue weighted by atomic mass is 10.1. The van der Waals surface area contributed by atoms with Crippen molar-refractivity contribution in [2.45, 2.75) is 13.0 Å². The van der Waals surface area contributed by atoms with Gasteiger partial charge in [0.25, 0.3) is 0 Å². The third-order valence-electron chi connectivity index (χ3n) is 2.90. The Bertz CT molecular complexity index is 606. The first kappa shape index (κ1) is 14.7. The summed E-state index contributed by atoms with van der Waals surface area (Å²) in [5, 5.41) is 13.0. The quantitative estimate of drug-likeness (QED) is 0.871. The van der Waals surface area contributed by atoms with Gasteiger partial charge in [-0.25, -0.2) is 4.79 Å². The third kappa shape index (κ3) is 3.24. The zero-order valence-corrected chi connectivity index (χ0v) is 12.2. The maximum Gasteiger partial charge on any atom is 0.330 e. The SMILES string of the molecule is Cc1ccc(NC(C(=O)O)c2c(Cl)cccc2Cl)cc1. The van der Waals surface area contributed by atoms with Crippen molar-refractivity contribution in [1.82, 2.24) is 0 Å². The van der Waals surface area contributed by atoms with Gasteiger partial charge in [0.2, 0.25) is 0 Å². The van der Waals surface area contributed by atoms with E-state index < -0.39 is 12.0 Å². The topological polar surface area (TPSA) is 49.3 Å². The van der Waals surface area contributed by atoms with Gasteiger partial charge in [-0.2, -0.15) is 0 Å². The number of aryl methyl sites for hydroxylation is 1. The monoisotopic (exact) mass is 309 g/mol. The highest BCUT2D eigenvalue weighted by Gasteiger charge is 2.24. The fourth-order valence-corrected chi connectivity index (χ4v) is 2.48. The second-order valence-electron chi connectivity index (χ2n) is 4.42. The molecule has 5 heteroatoms. The number of carbonyl (C=O) groups is 1. The van der Waals surface area contributed by atoms with Crippen LogP contribution in [0.1, 0.15) is 17.2 Å². The molecule has 0 amide bonds. The molecule has 0 heterocycles. The number of hydrogen-bond acceptors (Lipinski definition) is 2. The van der Waals surface area contributed by atoms with Crippen LogP contribution in [0.5, 0.6) is 0 Å². The average Bonchev–Trinajstić information content (AvgIpc) is 2.39. The molecular weight excluding hydrogens is 297 g/mol. The summed E-state index contributed by atoms with van der Waals surface area (Å²) in [6, 6.07) is 11.3. The van der Waals surface area contributed by atoms with Crippen molar-refractivity contribution >= 4 is 34.9 Å². The van der Waals surface area contributed by atoms with Crippen LogP contribution in [0.4, 0.5) is 5.69 Å². The molecule has 0 aliphatic rings. The summed E-state index contributed by atoms with van der Waals surface area (Å²) in [5.74, 6) is -1.04. The van der Waals surface area contributed by atoms with Crippen LogP contribution in [0.2, 0.25) is 10.0 Å². The molecule has 2 rings (SSSR count). The van der Waals surface area contributed by atoms with Crippen LogP contribution in [0.3, 0.4) is 0 Å². The van der Waals surface area contributed by atoms with E-state index in [-0.39, 0.29) is 0 Å². The van der Waals surface area contributed by atoms with E-state index in [9.17, 15) is 9.90 Å². The summed E-state index contributed by atoms with van der Waals surface area (Å²) in [7, 11) is 0. The van der Waals surface area contributed by atoms with Gasteiger partial charge in [0, 0.05) is 21.3 Å². The summed E-state index contributed by atoms with van der Waals surface area (Å²) in [6.07, 6.45) is 0. The highest BCUT2D eigenvalue weighted by Crippen LogP contribution is 2.32. The summed E-state index contributed by atoms with van der Waals surface area (Å²) >= 11 is 12.1. The molecule has 0 saturated carbocycles. The number of carboxylic acid groups (broad SMARTS) is 1. The lowest BCUT2D eigenvalue weighted by molar-refractivity contribution is -0.138. The van der Waals surface area contributed by atoms with Gasteiger partial charge < -0.3 is 10.4 Å². The van der Waals surface area contributed by atoms with E-state index in [0.29, 0.717) is 21.3 Å². The molecule has 1 unspecified atom stereocenters. The molecule has 2 aromatic carbocycles. The highest BCUT2D eigenvalue weighted by molar-refractivity contribution is 6.36. The summed E-state index contributed by atoms with van der Waals surface area (Å²) in [5.41, 5.74) is 2.15. The molecule has 20 heavy (non-hydrogen) atoms. The molecule has 2 aromatic rings. The van der Waals surface area contributed by atoms with Gasteiger partial charge in [-0.1, -0.05) is 47.0 Å². The summed E-state index contributed by atoms with van der Waals surface area (Å²) < 4.78 is 0. The van der Waals surface area contributed by atoms with Crippen molar-refractivity contribution in [2.24, 2.45) is 0 Å². The Kier molecular flexibility index (Phi) is 4.53. The van der Waals surface area contributed by atoms with Crippen LogP contribution < -0.4 is 5.32 Å². The highest BCUT2D eigenvalue weighted by atomic mass is 35.5. The zero-order valence-electron chi connectivity index (χ0n) is 10.7. The van der Waals surface area contributed by atoms with E-state index >= 15 is 0 Å². The molecule has 0 aliphatic carbocycles. The molecule has 0 spiro atoms. The third-order valence-corrected chi connectivity index (χ3v) is 3.56. The van der Waals surface area contributed by atoms with Gasteiger partial charge in [-0.15, -0.1) is 0 Å². The van der Waals surface area contributed by atoms with Crippen LogP contribution in [-0.4, -0.2) is 11.1 Å². The van der Waals surface area contributed by atoms with Crippen LogP contribution in [-0.2, 0) is 4.79 Å². The molecule has 104 valence electrons. The molecule has 0 aliphatic heterocycles. The summed E-state index contributed by atoms with van der Waals surface area (Å²) in [4.78, 5) is 11.5. The molecule has 0 saturated heterocycles. The maximum atomic E-state index is 11.5. The first-order chi connectivity index (χ1) is 9.49. The van der Waals surface area contributed by atoms with Crippen LogP contribution in [0.25, 0.3) is 0 Å². The zero-order chi connectivity index (χ0) is 14.7. The van der Waals surface area contributed by atoms with E-state index in [2.05, 4.69) is 5.32 Å². The van der Waals surface area contributed by atoms with Crippen molar-refractivity contribution in [2.75, 3.05) is 5.32 Å². The van der Waals surface area contributed by atoms with Gasteiger partial charge in [-0.05, 0) is 31.2 Å². The summed E-state index contributed by atoms with van der Waals surface area (Å²) in [6.45, 7) is 1.96. The first-order valence-corrected chi connectivity index (χ1v) is 6.74. The van der Waals surface area contributed by atoms with Gasteiger partial charge in [-0.3, -0.25) is 0 Å². The van der Waals surface area contributed by atoms with E-state index in [1.807, 2.05) is 31.2 Å². The van der Waals surface area contributed by atoms with E-state index in [0.717, 1.165) is 5.56 Å². The Morgan fingerprint density at radius 2 is 1.65 bits per heavy atom. The number of carboxylic acids is 1. The van der Waals surface area contributed by atoms with Crippen molar-refractivity contribution in [3.05, 3.63) is 63.6 Å². The average molecular weight is 310 g/mol. The smallest absolute Gasteiger partial charge is 0.330 e. The molecule has 0 fully saturated rings. The van der Waals surface area contributed by atoms with Gasteiger partial charge in [0.05, 0.1) is 0 Å². The minimum Gasteiger partial charge on any atom is -0.479 e. The maximum absolute atomic E-state index is 11.5. The molecule has 0 radical (unpaired) electrons. The predicted octanol–water partition coefficient (Wildman–Crippen LogP) is 4.54. The fraction of sp³-hybridized carbons (Fsp3) is 0.133. The molecule has 1 atom stereocenters. The largest absolute Gasteiger partial charge is 0.479 e. The Hall–Kier alpha value is -1.71. The normalized spacial score (nSPS) is 11.9. The van der Waals surface area contributed by atoms with Gasteiger partial charge in [0.15, 0.2) is 6.04 Å². The second kappa shape index (κ2) is 6.16. The number of benzene rings is 2. The van der Waals surface area contributed by atoms with Crippen molar-refractivity contribution in [1.29, 1.82) is 0 Å². The Morgan fingerprint density at radius 3 is 2.15 bits per heavy atom. The lowest BCUT2D eigenvalue weighted by Gasteiger charge is -2.18. The van der Waals surface area contributed by atoms with Crippen LogP contribution in [0.15, 0.2) is 42.5 Å². The van der Waals surface area contributed by atoms with Gasteiger partial charge in [0.1, 0.15) is 0 Å². The van der Waals surface area contributed by atoms with Gasteiger partial charge >= 0.3 is 5.97 Å². The number of aliphatic carboxylic acids is 1. The van der Waals surface area contributed by atoms with Crippen molar-refractivity contribution in [3.63, 3.8) is 0 Å². The fourth-order valence-electron chi connectivity index (χ4n) is 1.86. The Balaban J connectivity index is 2.37. The number of anilines is 1. The Morgan fingerprint density at radius 1 is 1.10 bits per heavy atom. The molecule has 3 nitrogen and oxygen atoms in total. The molecule has 0 aromatic heterocycles. The van der Waals surface area contributed by atoms with Crippen molar-refractivity contribution < 1.29 is 9.90 Å². The van der Waals surface area contributed by atoms with Crippen molar-refractivity contribution in [3.8, 4) is 0 Å². The Labute approximate surface area is 127 Å². The first-order valence-electron chi connectivity index (χ1n) is 5.99. The van der Waals surface area contributed by atoms with E-state index in [1.165, 1.54) is 0 Å². The van der Waals surface area contributed by atoms with Crippen LogP contribution >= 0.6 is 23.2 Å². The molecule has 2 N–H and O–H groups in total. The molecule has 0 bridgehead atoms. The lowest BCUT2D eigenvalue weighted by Crippen LogP contribution is -2.21. The minimum atomic E-state index is -1.04. The van der Waals surface area contributed by atoms with E-state index in [1.54, 1.807) is 18.2 Å². The number of rotatable bonds is 4. The molecular formula is C15H13Cl2NO2.